The molecule has 0 atom stereocenters. The highest BCUT2D eigenvalue weighted by Gasteiger charge is 2.21. The van der Waals surface area contributed by atoms with E-state index in [-0.39, 0.29) is 0 Å². The predicted molar refractivity (Wildman–Crippen MR) is 182 cm³/mol. The van der Waals surface area contributed by atoms with Crippen molar-refractivity contribution < 1.29 is 8.83 Å². The number of furan rings is 2. The first kappa shape index (κ1) is 24.3. The number of rotatable bonds is 3. The van der Waals surface area contributed by atoms with E-state index in [9.17, 15) is 0 Å². The number of nitrogens with zero attached hydrogens (tertiary/aromatic N) is 3. The molecule has 0 saturated heterocycles. The van der Waals surface area contributed by atoms with Crippen LogP contribution in [-0.2, 0) is 0 Å². The average Bonchev–Trinajstić information content (AvgIpc) is 3.78. The lowest BCUT2D eigenvalue weighted by molar-refractivity contribution is 0.667. The van der Waals surface area contributed by atoms with Gasteiger partial charge in [0.25, 0.3) is 0 Å². The van der Waals surface area contributed by atoms with Gasteiger partial charge in [0, 0.05) is 43.7 Å². The molecule has 0 aliphatic carbocycles. The lowest BCUT2D eigenvalue weighted by Gasteiger charge is -2.11. The van der Waals surface area contributed by atoms with Gasteiger partial charge in [-0.15, -0.1) is 0 Å². The van der Waals surface area contributed by atoms with Crippen LogP contribution in [0.4, 0.5) is 0 Å². The van der Waals surface area contributed by atoms with E-state index in [1.54, 1.807) is 0 Å². The molecule has 45 heavy (non-hydrogen) atoms. The van der Waals surface area contributed by atoms with Gasteiger partial charge in [0.1, 0.15) is 22.4 Å². The number of hydrogen-bond acceptors (Lipinski definition) is 4. The van der Waals surface area contributed by atoms with Crippen LogP contribution in [0.15, 0.2) is 148 Å². The molecule has 0 fully saturated rings. The maximum absolute atomic E-state index is 6.57. The highest BCUT2D eigenvalue weighted by molar-refractivity contribution is 6.21. The SMILES string of the molecule is c1ccc(-c2nc(-c3cccc(-n4c5ccccc5c5ccc6c7ccccc7oc6c54)c3)c3oc4ccccc4c3n2)cc1. The molecule has 0 unspecified atom stereocenters. The molecular weight excluding hydrogens is 554 g/mol. The molecule has 210 valence electrons. The van der Waals surface area contributed by atoms with E-state index < -0.39 is 0 Å². The van der Waals surface area contributed by atoms with Gasteiger partial charge in [0.15, 0.2) is 17.0 Å². The smallest absolute Gasteiger partial charge is 0.180 e. The molecule has 0 radical (unpaired) electrons. The lowest BCUT2D eigenvalue weighted by atomic mass is 10.1. The summed E-state index contributed by atoms with van der Waals surface area (Å²) in [5.74, 6) is 0.663. The normalized spacial score (nSPS) is 12.0. The summed E-state index contributed by atoms with van der Waals surface area (Å²) in [6, 6.07) is 47.8. The van der Waals surface area contributed by atoms with Gasteiger partial charge in [0.05, 0.1) is 11.0 Å². The Bertz CT molecular complexity index is 2770. The van der Waals surface area contributed by atoms with Crippen LogP contribution in [0, 0.1) is 0 Å². The van der Waals surface area contributed by atoms with Crippen LogP contribution in [0.25, 0.3) is 94.1 Å². The van der Waals surface area contributed by atoms with E-state index in [1.165, 1.54) is 5.39 Å². The molecule has 0 amide bonds. The number of hydrogen-bond donors (Lipinski definition) is 0. The maximum atomic E-state index is 6.57. The molecule has 0 aliphatic rings. The van der Waals surface area contributed by atoms with Crippen molar-refractivity contribution in [1.29, 1.82) is 0 Å². The second-order valence-corrected chi connectivity index (χ2v) is 11.4. The number of benzene rings is 6. The minimum atomic E-state index is 0.663. The third kappa shape index (κ3) is 3.49. The third-order valence-electron chi connectivity index (χ3n) is 8.81. The summed E-state index contributed by atoms with van der Waals surface area (Å²) in [5.41, 5.74) is 9.85. The number of aromatic nitrogens is 3. The van der Waals surface area contributed by atoms with Crippen molar-refractivity contribution >= 4 is 65.8 Å². The molecule has 10 rings (SSSR count). The molecule has 0 aliphatic heterocycles. The summed E-state index contributed by atoms with van der Waals surface area (Å²) < 4.78 is 15.3. The summed E-state index contributed by atoms with van der Waals surface area (Å²) >= 11 is 0. The van der Waals surface area contributed by atoms with Gasteiger partial charge in [0.2, 0.25) is 0 Å². The molecular formula is C40H23N3O2. The van der Waals surface area contributed by atoms with E-state index >= 15 is 0 Å². The Hall–Kier alpha value is -6.20. The first-order valence-corrected chi connectivity index (χ1v) is 15.0. The highest BCUT2D eigenvalue weighted by Crippen LogP contribution is 2.41. The Balaban J connectivity index is 1.28. The van der Waals surface area contributed by atoms with Gasteiger partial charge in [-0.1, -0.05) is 97.1 Å². The van der Waals surface area contributed by atoms with Crippen molar-refractivity contribution in [3.8, 4) is 28.3 Å². The molecule has 4 aromatic heterocycles. The summed E-state index contributed by atoms with van der Waals surface area (Å²) in [4.78, 5) is 10.1. The van der Waals surface area contributed by atoms with E-state index in [1.807, 2.05) is 60.7 Å². The average molecular weight is 578 g/mol. The Labute approximate surface area is 256 Å². The molecule has 10 aromatic rings. The fraction of sp³-hybridized carbons (Fsp3) is 0. The molecule has 5 nitrogen and oxygen atoms in total. The highest BCUT2D eigenvalue weighted by atomic mass is 16.3. The number of fused-ring (bicyclic) bond motifs is 10. The van der Waals surface area contributed by atoms with Crippen LogP contribution < -0.4 is 0 Å². The van der Waals surface area contributed by atoms with Crippen molar-refractivity contribution in [2.24, 2.45) is 0 Å². The van der Waals surface area contributed by atoms with E-state index in [0.29, 0.717) is 11.4 Å². The largest absolute Gasteiger partial charge is 0.454 e. The monoisotopic (exact) mass is 577 g/mol. The first-order chi connectivity index (χ1) is 22.3. The van der Waals surface area contributed by atoms with Crippen LogP contribution >= 0.6 is 0 Å². The molecule has 0 saturated carbocycles. The molecule has 0 bridgehead atoms. The van der Waals surface area contributed by atoms with Crippen LogP contribution in [0.1, 0.15) is 0 Å². The van der Waals surface area contributed by atoms with Gasteiger partial charge in [-0.3, -0.25) is 0 Å². The third-order valence-corrected chi connectivity index (χ3v) is 8.81. The zero-order valence-corrected chi connectivity index (χ0v) is 23.9. The zero-order valence-electron chi connectivity index (χ0n) is 23.9. The second kappa shape index (κ2) is 9.15. The van der Waals surface area contributed by atoms with Gasteiger partial charge in [-0.2, -0.15) is 0 Å². The second-order valence-electron chi connectivity index (χ2n) is 11.4. The zero-order chi connectivity index (χ0) is 29.5. The summed E-state index contributed by atoms with van der Waals surface area (Å²) in [6.07, 6.45) is 0. The molecule has 0 N–H and O–H groups in total. The van der Waals surface area contributed by atoms with Gasteiger partial charge in [-0.05, 0) is 42.5 Å². The lowest BCUT2D eigenvalue weighted by Crippen LogP contribution is -1.97. The molecule has 5 heteroatoms. The topological polar surface area (TPSA) is 57.0 Å². The summed E-state index contributed by atoms with van der Waals surface area (Å²) in [7, 11) is 0. The van der Waals surface area contributed by atoms with Crippen molar-refractivity contribution in [2.45, 2.75) is 0 Å². The van der Waals surface area contributed by atoms with Crippen molar-refractivity contribution in [1.82, 2.24) is 14.5 Å². The molecule has 6 aromatic carbocycles. The predicted octanol–water partition coefficient (Wildman–Crippen LogP) is 10.7. The summed E-state index contributed by atoms with van der Waals surface area (Å²) in [6.45, 7) is 0. The Morgan fingerprint density at radius 1 is 0.467 bits per heavy atom. The van der Waals surface area contributed by atoms with Crippen molar-refractivity contribution in [3.63, 3.8) is 0 Å². The first-order valence-electron chi connectivity index (χ1n) is 15.0. The minimum absolute atomic E-state index is 0.663. The Morgan fingerprint density at radius 3 is 2.00 bits per heavy atom. The van der Waals surface area contributed by atoms with Crippen molar-refractivity contribution in [3.05, 3.63) is 140 Å². The number of para-hydroxylation sites is 3. The van der Waals surface area contributed by atoms with Crippen LogP contribution in [-0.4, -0.2) is 14.5 Å². The quantitative estimate of drug-likeness (QED) is 0.210. The van der Waals surface area contributed by atoms with Crippen LogP contribution in [0.3, 0.4) is 0 Å². The summed E-state index contributed by atoms with van der Waals surface area (Å²) in [5, 5.41) is 5.51. The standard InChI is InChI=1S/C40H23N3O2/c1-2-11-24(12-3-1)40-41-35(39-36(42-40)31-17-6-9-20-34(31)45-39)25-13-10-14-26(23-25)43-32-18-7-4-15-27(32)29-21-22-30-28-16-5-8-19-33(28)44-38(30)37(29)43/h1-23H. The van der Waals surface area contributed by atoms with Crippen LogP contribution in [0.2, 0.25) is 0 Å². The Morgan fingerprint density at radius 2 is 1.13 bits per heavy atom. The van der Waals surface area contributed by atoms with E-state index in [0.717, 1.165) is 77.4 Å². The van der Waals surface area contributed by atoms with Gasteiger partial charge in [-0.25, -0.2) is 9.97 Å². The molecule has 4 heterocycles. The minimum Gasteiger partial charge on any atom is -0.454 e. The fourth-order valence-corrected chi connectivity index (χ4v) is 6.79. The fourth-order valence-electron chi connectivity index (χ4n) is 6.79. The van der Waals surface area contributed by atoms with Crippen molar-refractivity contribution in [2.75, 3.05) is 0 Å². The van der Waals surface area contributed by atoms with E-state index in [4.69, 9.17) is 18.8 Å². The van der Waals surface area contributed by atoms with Crippen LogP contribution in [0.5, 0.6) is 0 Å². The van der Waals surface area contributed by atoms with Gasteiger partial charge >= 0.3 is 0 Å². The molecule has 0 spiro atoms. The van der Waals surface area contributed by atoms with E-state index in [2.05, 4.69) is 83.4 Å². The van der Waals surface area contributed by atoms with Gasteiger partial charge < -0.3 is 13.4 Å². The maximum Gasteiger partial charge on any atom is 0.180 e. The Kier molecular flexibility index (Phi) is 4.93.